The third-order valence-corrected chi connectivity index (χ3v) is 9.59. The fourth-order valence-electron chi connectivity index (χ4n) is 5.81. The van der Waals surface area contributed by atoms with Gasteiger partial charge in [-0.2, -0.15) is 0 Å². The summed E-state index contributed by atoms with van der Waals surface area (Å²) in [5, 5.41) is 3.07. The first-order chi connectivity index (χ1) is 22.5. The Labute approximate surface area is 275 Å². The minimum atomic E-state index is -0.0788. The van der Waals surface area contributed by atoms with Gasteiger partial charge in [0.1, 0.15) is 5.75 Å². The molecule has 1 fully saturated rings. The Morgan fingerprint density at radius 2 is 1.61 bits per heavy atom. The number of benzene rings is 4. The van der Waals surface area contributed by atoms with Gasteiger partial charge in [-0.25, -0.2) is 0 Å². The molecule has 236 valence electrons. The number of piperazine rings is 1. The van der Waals surface area contributed by atoms with Gasteiger partial charge in [-0.1, -0.05) is 65.9 Å². The summed E-state index contributed by atoms with van der Waals surface area (Å²) in [6.07, 6.45) is 2.82. The molecule has 0 saturated carbocycles. The van der Waals surface area contributed by atoms with Crippen molar-refractivity contribution in [3.05, 3.63) is 124 Å². The van der Waals surface area contributed by atoms with Crippen LogP contribution < -0.4 is 19.9 Å². The summed E-state index contributed by atoms with van der Waals surface area (Å²) >= 11 is 1.49. The second kappa shape index (κ2) is 14.7. The van der Waals surface area contributed by atoms with Gasteiger partial charge in [0.25, 0.3) is 11.8 Å². The number of amides is 2. The molecule has 0 radical (unpaired) electrons. The predicted molar refractivity (Wildman–Crippen MR) is 188 cm³/mol. The average Bonchev–Trinajstić information content (AvgIpc) is 3.10. The van der Waals surface area contributed by atoms with Crippen LogP contribution in [0.2, 0.25) is 0 Å². The highest BCUT2D eigenvalue weighted by atomic mass is 32.2. The quantitative estimate of drug-likeness (QED) is 0.157. The number of hydrogen-bond acceptors (Lipinski definition) is 6. The number of para-hydroxylation sites is 1. The fourth-order valence-corrected chi connectivity index (χ4v) is 6.87. The lowest BCUT2D eigenvalue weighted by atomic mass is 10.1. The Kier molecular flexibility index (Phi) is 10.1. The molecule has 1 N–H and O–H groups in total. The van der Waals surface area contributed by atoms with Crippen molar-refractivity contribution in [2.45, 2.75) is 24.8 Å². The summed E-state index contributed by atoms with van der Waals surface area (Å²) in [6.45, 7) is 8.15. The molecule has 2 amide bonds. The second-order valence-corrected chi connectivity index (χ2v) is 12.8. The molecule has 0 unspecified atom stereocenters. The van der Waals surface area contributed by atoms with Crippen LogP contribution in [0.25, 0.3) is 6.08 Å². The standard InChI is InChI=1S/C38H40N4O3S/c1-28-8-10-30(11-9-28)27-42-34-6-3-4-7-35(34)46-36(38(42)44)26-29-12-14-31(15-13-29)37(43)39-20-5-21-40-22-24-41(25-23-40)32-16-18-33(45-2)19-17-32/h3-4,6-19,26H,5,20-25,27H2,1-2H3,(H,39,43). The van der Waals surface area contributed by atoms with Gasteiger partial charge in [0.05, 0.1) is 24.2 Å². The molecule has 1 saturated heterocycles. The lowest BCUT2D eigenvalue weighted by Gasteiger charge is -2.36. The number of anilines is 2. The van der Waals surface area contributed by atoms with Crippen LogP contribution >= 0.6 is 11.8 Å². The molecular formula is C38H40N4O3S. The Balaban J connectivity index is 0.994. The molecule has 0 aliphatic carbocycles. The second-order valence-electron chi connectivity index (χ2n) is 11.7. The van der Waals surface area contributed by atoms with Crippen LogP contribution in [0.5, 0.6) is 5.75 Å². The molecule has 0 aromatic heterocycles. The molecule has 2 aliphatic rings. The van der Waals surface area contributed by atoms with E-state index in [1.54, 1.807) is 7.11 Å². The number of methoxy groups -OCH3 is 1. The van der Waals surface area contributed by atoms with Crippen LogP contribution in [0.4, 0.5) is 11.4 Å². The molecule has 7 nitrogen and oxygen atoms in total. The summed E-state index contributed by atoms with van der Waals surface area (Å²) in [5.74, 6) is 0.776. The Hall–Kier alpha value is -4.53. The van der Waals surface area contributed by atoms with Crippen molar-refractivity contribution >= 4 is 41.0 Å². The van der Waals surface area contributed by atoms with E-state index in [0.717, 1.165) is 66.6 Å². The Morgan fingerprint density at radius 3 is 2.33 bits per heavy atom. The first-order valence-electron chi connectivity index (χ1n) is 15.8. The van der Waals surface area contributed by atoms with E-state index in [9.17, 15) is 9.59 Å². The summed E-state index contributed by atoms with van der Waals surface area (Å²) in [4.78, 5) is 34.9. The Bertz CT molecular complexity index is 1680. The van der Waals surface area contributed by atoms with E-state index in [1.807, 2.05) is 65.6 Å². The van der Waals surface area contributed by atoms with E-state index in [4.69, 9.17) is 4.74 Å². The maximum atomic E-state index is 13.7. The van der Waals surface area contributed by atoms with Crippen LogP contribution in [-0.4, -0.2) is 63.1 Å². The molecule has 0 atom stereocenters. The number of thioether (sulfide) groups is 1. The van der Waals surface area contributed by atoms with Gasteiger partial charge < -0.3 is 19.9 Å². The van der Waals surface area contributed by atoms with Gasteiger partial charge in [0.2, 0.25) is 0 Å². The lowest BCUT2D eigenvalue weighted by molar-refractivity contribution is -0.114. The summed E-state index contributed by atoms with van der Waals surface area (Å²) < 4.78 is 5.27. The first kappa shape index (κ1) is 31.5. The molecule has 46 heavy (non-hydrogen) atoms. The highest BCUT2D eigenvalue weighted by molar-refractivity contribution is 8.04. The Morgan fingerprint density at radius 1 is 0.891 bits per heavy atom. The van der Waals surface area contributed by atoms with E-state index in [1.165, 1.54) is 23.0 Å². The number of aryl methyl sites for hydroxylation is 1. The van der Waals surface area contributed by atoms with Gasteiger partial charge in [-0.3, -0.25) is 14.5 Å². The van der Waals surface area contributed by atoms with Crippen LogP contribution in [0.1, 0.15) is 33.5 Å². The number of ether oxygens (including phenoxy) is 1. The number of nitrogens with one attached hydrogen (secondary N) is 1. The summed E-state index contributed by atoms with van der Waals surface area (Å²) in [7, 11) is 1.69. The van der Waals surface area contributed by atoms with E-state index < -0.39 is 0 Å². The number of fused-ring (bicyclic) bond motifs is 1. The van der Waals surface area contributed by atoms with E-state index in [0.29, 0.717) is 23.6 Å². The van der Waals surface area contributed by atoms with Gasteiger partial charge in [-0.15, -0.1) is 0 Å². The normalized spacial score (nSPS) is 16.0. The van der Waals surface area contributed by atoms with Crippen LogP contribution in [0.15, 0.2) is 107 Å². The molecule has 8 heteroatoms. The van der Waals surface area contributed by atoms with Crippen LogP contribution in [0.3, 0.4) is 0 Å². The fraction of sp³-hybridized carbons (Fsp3) is 0.263. The van der Waals surface area contributed by atoms with Gasteiger partial charge in [-0.05, 0) is 85.6 Å². The van der Waals surface area contributed by atoms with E-state index >= 15 is 0 Å². The molecule has 4 aromatic rings. The zero-order valence-corrected chi connectivity index (χ0v) is 27.3. The number of nitrogens with zero attached hydrogens (tertiary/aromatic N) is 3. The summed E-state index contributed by atoms with van der Waals surface area (Å²) in [6, 6.07) is 32.0. The number of rotatable bonds is 10. The zero-order valence-electron chi connectivity index (χ0n) is 26.4. The minimum Gasteiger partial charge on any atom is -0.497 e. The van der Waals surface area contributed by atoms with Crippen molar-refractivity contribution < 1.29 is 14.3 Å². The lowest BCUT2D eigenvalue weighted by Crippen LogP contribution is -2.47. The van der Waals surface area contributed by atoms with Crippen molar-refractivity contribution in [3.8, 4) is 5.75 Å². The average molecular weight is 633 g/mol. The van der Waals surface area contributed by atoms with Crippen molar-refractivity contribution in [3.63, 3.8) is 0 Å². The topological polar surface area (TPSA) is 65.1 Å². The highest BCUT2D eigenvalue weighted by Crippen LogP contribution is 2.42. The van der Waals surface area contributed by atoms with Crippen molar-refractivity contribution in [2.75, 3.05) is 56.2 Å². The molecule has 2 heterocycles. The van der Waals surface area contributed by atoms with Crippen LogP contribution in [-0.2, 0) is 11.3 Å². The van der Waals surface area contributed by atoms with Gasteiger partial charge in [0.15, 0.2) is 0 Å². The third kappa shape index (κ3) is 7.63. The zero-order chi connectivity index (χ0) is 31.9. The predicted octanol–water partition coefficient (Wildman–Crippen LogP) is 6.63. The van der Waals surface area contributed by atoms with Crippen LogP contribution in [0, 0.1) is 6.92 Å². The highest BCUT2D eigenvalue weighted by Gasteiger charge is 2.29. The molecule has 0 spiro atoms. The molecular weight excluding hydrogens is 593 g/mol. The van der Waals surface area contributed by atoms with Crippen molar-refractivity contribution in [2.24, 2.45) is 0 Å². The smallest absolute Gasteiger partial charge is 0.265 e. The molecule has 6 rings (SSSR count). The summed E-state index contributed by atoms with van der Waals surface area (Å²) in [5.41, 5.74) is 5.93. The largest absolute Gasteiger partial charge is 0.497 e. The molecule has 2 aliphatic heterocycles. The van der Waals surface area contributed by atoms with E-state index in [2.05, 4.69) is 64.5 Å². The van der Waals surface area contributed by atoms with Crippen molar-refractivity contribution in [1.82, 2.24) is 10.2 Å². The monoisotopic (exact) mass is 632 g/mol. The maximum Gasteiger partial charge on any atom is 0.265 e. The molecule has 0 bridgehead atoms. The number of hydrogen-bond donors (Lipinski definition) is 1. The minimum absolute atomic E-state index is 0.0201. The van der Waals surface area contributed by atoms with Gasteiger partial charge in [0, 0.05) is 48.9 Å². The number of carbonyl (C=O) groups is 2. The van der Waals surface area contributed by atoms with Gasteiger partial charge >= 0.3 is 0 Å². The van der Waals surface area contributed by atoms with Crippen molar-refractivity contribution in [1.29, 1.82) is 0 Å². The molecule has 4 aromatic carbocycles. The van der Waals surface area contributed by atoms with E-state index in [-0.39, 0.29) is 11.8 Å². The number of carbonyl (C=O) groups excluding carboxylic acids is 2. The maximum absolute atomic E-state index is 13.7. The SMILES string of the molecule is COc1ccc(N2CCN(CCCNC(=O)c3ccc(C=C4Sc5ccccc5N(Cc5ccc(C)cc5)C4=O)cc3)CC2)cc1. The first-order valence-corrected chi connectivity index (χ1v) is 16.6. The third-order valence-electron chi connectivity index (χ3n) is 8.51.